The van der Waals surface area contributed by atoms with Crippen LogP contribution in [0.15, 0.2) is 0 Å². The molecule has 0 aromatic heterocycles. The van der Waals surface area contributed by atoms with Crippen molar-refractivity contribution in [3.63, 3.8) is 0 Å². The van der Waals surface area contributed by atoms with E-state index in [-0.39, 0.29) is 0 Å². The van der Waals surface area contributed by atoms with Crippen molar-refractivity contribution < 1.29 is 9.47 Å². The molecule has 0 aliphatic carbocycles. The van der Waals surface area contributed by atoms with E-state index in [1.807, 2.05) is 0 Å². The van der Waals surface area contributed by atoms with E-state index in [0.29, 0.717) is 12.2 Å². The van der Waals surface area contributed by atoms with Gasteiger partial charge in [-0.2, -0.15) is 11.8 Å². The van der Waals surface area contributed by atoms with Crippen molar-refractivity contribution in [3.8, 4) is 0 Å². The van der Waals surface area contributed by atoms with Crippen LogP contribution in [0.2, 0.25) is 0 Å². The van der Waals surface area contributed by atoms with Gasteiger partial charge in [0, 0.05) is 13.2 Å². The highest BCUT2D eigenvalue weighted by Gasteiger charge is 2.24. The molecule has 0 amide bonds. The number of rotatable bonds is 16. The number of hydrogen-bond acceptors (Lipinski definition) is 3. The number of unbranched alkanes of at least 4 members (excludes halogenated alkanes) is 2. The Balaban J connectivity index is 1.57. The molecule has 2 rings (SSSR count). The van der Waals surface area contributed by atoms with Crippen molar-refractivity contribution in [3.05, 3.63) is 0 Å². The SMILES string of the molecule is CCCCC(CCCSCCCC(CCCC)C1CCCCO1)C1CCCCO1. The summed E-state index contributed by atoms with van der Waals surface area (Å²) in [6.07, 6.45) is 22.7. The summed E-state index contributed by atoms with van der Waals surface area (Å²) < 4.78 is 12.3. The number of ether oxygens (including phenoxy) is 2. The van der Waals surface area contributed by atoms with Gasteiger partial charge in [0.05, 0.1) is 12.2 Å². The second kappa shape index (κ2) is 16.9. The Morgan fingerprint density at radius 3 is 1.48 bits per heavy atom. The maximum atomic E-state index is 6.13. The molecule has 172 valence electrons. The molecule has 2 aliphatic heterocycles. The largest absolute Gasteiger partial charge is 0.378 e. The first-order valence-corrected chi connectivity index (χ1v) is 14.3. The standard InChI is InChI=1S/C26H50O2S/c1-3-5-13-23(25-17-7-9-19-27-25)15-11-21-29-22-12-16-24(14-6-4-2)26-18-8-10-20-28-26/h23-26H,3-22H2,1-2H3. The summed E-state index contributed by atoms with van der Waals surface area (Å²) in [6, 6.07) is 0. The third-order valence-electron chi connectivity index (χ3n) is 7.07. The Morgan fingerprint density at radius 1 is 0.655 bits per heavy atom. The van der Waals surface area contributed by atoms with Crippen LogP contribution >= 0.6 is 11.8 Å². The minimum atomic E-state index is 0.565. The average molecular weight is 427 g/mol. The zero-order chi connectivity index (χ0) is 20.6. The Kier molecular flexibility index (Phi) is 14.9. The third-order valence-corrected chi connectivity index (χ3v) is 8.22. The smallest absolute Gasteiger partial charge is 0.0603 e. The second-order valence-electron chi connectivity index (χ2n) is 9.51. The van der Waals surface area contributed by atoms with Crippen molar-refractivity contribution in [2.24, 2.45) is 11.8 Å². The van der Waals surface area contributed by atoms with Gasteiger partial charge in [0.2, 0.25) is 0 Å². The van der Waals surface area contributed by atoms with Crippen molar-refractivity contribution in [1.29, 1.82) is 0 Å². The summed E-state index contributed by atoms with van der Waals surface area (Å²) in [7, 11) is 0. The molecule has 4 unspecified atom stereocenters. The fourth-order valence-corrected chi connectivity index (χ4v) is 6.18. The van der Waals surface area contributed by atoms with Gasteiger partial charge in [-0.25, -0.2) is 0 Å². The molecule has 2 nitrogen and oxygen atoms in total. The molecule has 4 atom stereocenters. The molecule has 3 heteroatoms. The van der Waals surface area contributed by atoms with Gasteiger partial charge in [0.15, 0.2) is 0 Å². The van der Waals surface area contributed by atoms with Crippen molar-refractivity contribution >= 4 is 11.8 Å². The summed E-state index contributed by atoms with van der Waals surface area (Å²) in [5.74, 6) is 4.32. The summed E-state index contributed by atoms with van der Waals surface area (Å²) in [5, 5.41) is 0. The second-order valence-corrected chi connectivity index (χ2v) is 10.7. The highest BCUT2D eigenvalue weighted by molar-refractivity contribution is 7.99. The highest BCUT2D eigenvalue weighted by atomic mass is 32.2. The lowest BCUT2D eigenvalue weighted by atomic mass is 9.88. The van der Waals surface area contributed by atoms with Crippen molar-refractivity contribution in [1.82, 2.24) is 0 Å². The summed E-state index contributed by atoms with van der Waals surface area (Å²) in [6.45, 7) is 6.65. The highest BCUT2D eigenvalue weighted by Crippen LogP contribution is 2.30. The van der Waals surface area contributed by atoms with Crippen LogP contribution in [0.1, 0.15) is 117 Å². The van der Waals surface area contributed by atoms with Gasteiger partial charge in [0.25, 0.3) is 0 Å². The van der Waals surface area contributed by atoms with Gasteiger partial charge in [-0.3, -0.25) is 0 Å². The van der Waals surface area contributed by atoms with Gasteiger partial charge < -0.3 is 9.47 Å². The van der Waals surface area contributed by atoms with Crippen LogP contribution in [0.25, 0.3) is 0 Å². The van der Waals surface area contributed by atoms with Crippen LogP contribution in [-0.4, -0.2) is 36.9 Å². The molecular formula is C26H50O2S. The Labute approximate surface area is 186 Å². The molecule has 2 saturated heterocycles. The van der Waals surface area contributed by atoms with E-state index >= 15 is 0 Å². The minimum Gasteiger partial charge on any atom is -0.378 e. The molecule has 2 heterocycles. The molecule has 2 aliphatic rings. The summed E-state index contributed by atoms with van der Waals surface area (Å²) in [5.41, 5.74) is 0. The van der Waals surface area contributed by atoms with Crippen LogP contribution in [0.3, 0.4) is 0 Å². The average Bonchev–Trinajstić information content (AvgIpc) is 2.78. The zero-order valence-electron chi connectivity index (χ0n) is 19.7. The van der Waals surface area contributed by atoms with Crippen LogP contribution in [0, 0.1) is 11.8 Å². The molecule has 0 N–H and O–H groups in total. The monoisotopic (exact) mass is 426 g/mol. The lowest BCUT2D eigenvalue weighted by Gasteiger charge is -2.31. The predicted octanol–water partition coefficient (Wildman–Crippen LogP) is 8.03. The topological polar surface area (TPSA) is 18.5 Å². The number of thioether (sulfide) groups is 1. The van der Waals surface area contributed by atoms with Crippen LogP contribution < -0.4 is 0 Å². The first-order valence-electron chi connectivity index (χ1n) is 13.2. The van der Waals surface area contributed by atoms with E-state index < -0.39 is 0 Å². The zero-order valence-corrected chi connectivity index (χ0v) is 20.5. The van der Waals surface area contributed by atoms with E-state index in [1.54, 1.807) is 0 Å². The lowest BCUT2D eigenvalue weighted by Crippen LogP contribution is -2.28. The van der Waals surface area contributed by atoms with Gasteiger partial charge in [-0.1, -0.05) is 39.5 Å². The lowest BCUT2D eigenvalue weighted by molar-refractivity contribution is -0.0260. The maximum absolute atomic E-state index is 6.13. The quantitative estimate of drug-likeness (QED) is 0.233. The summed E-state index contributed by atoms with van der Waals surface area (Å²) in [4.78, 5) is 0. The molecule has 0 bridgehead atoms. The molecule has 2 fully saturated rings. The number of hydrogen-bond donors (Lipinski definition) is 0. The van der Waals surface area contributed by atoms with Gasteiger partial charge in [0.1, 0.15) is 0 Å². The van der Waals surface area contributed by atoms with Gasteiger partial charge in [-0.05, 0) is 100 Å². The Morgan fingerprint density at radius 2 is 1.10 bits per heavy atom. The van der Waals surface area contributed by atoms with Crippen LogP contribution in [0.4, 0.5) is 0 Å². The first-order chi connectivity index (χ1) is 14.3. The fraction of sp³-hybridized carbons (Fsp3) is 1.00. The Bertz CT molecular complexity index is 330. The van der Waals surface area contributed by atoms with Gasteiger partial charge in [-0.15, -0.1) is 0 Å². The minimum absolute atomic E-state index is 0.565. The normalized spacial score (nSPS) is 25.0. The molecule has 29 heavy (non-hydrogen) atoms. The molecule has 0 spiro atoms. The van der Waals surface area contributed by atoms with Crippen molar-refractivity contribution in [2.45, 2.75) is 129 Å². The van der Waals surface area contributed by atoms with E-state index in [0.717, 1.165) is 25.0 Å². The van der Waals surface area contributed by atoms with E-state index in [9.17, 15) is 0 Å². The fourth-order valence-electron chi connectivity index (χ4n) is 5.24. The molecule has 0 aromatic carbocycles. The predicted molar refractivity (Wildman–Crippen MR) is 129 cm³/mol. The van der Waals surface area contributed by atoms with E-state index in [1.165, 1.54) is 114 Å². The first kappa shape index (κ1) is 25.5. The van der Waals surface area contributed by atoms with E-state index in [4.69, 9.17) is 9.47 Å². The summed E-state index contributed by atoms with van der Waals surface area (Å²) >= 11 is 2.20. The van der Waals surface area contributed by atoms with Crippen LogP contribution in [0.5, 0.6) is 0 Å². The molecule has 0 aromatic rings. The van der Waals surface area contributed by atoms with E-state index in [2.05, 4.69) is 25.6 Å². The molecular weight excluding hydrogens is 376 g/mol. The molecule has 0 saturated carbocycles. The maximum Gasteiger partial charge on any atom is 0.0603 e. The van der Waals surface area contributed by atoms with Gasteiger partial charge >= 0.3 is 0 Å². The third kappa shape index (κ3) is 10.9. The molecule has 0 radical (unpaired) electrons. The van der Waals surface area contributed by atoms with Crippen LogP contribution in [-0.2, 0) is 9.47 Å². The van der Waals surface area contributed by atoms with Crippen molar-refractivity contribution in [2.75, 3.05) is 24.7 Å². The Hall–Kier alpha value is 0.270.